The molecular formula is C10H21Cl2N5. The van der Waals surface area contributed by atoms with E-state index in [0.29, 0.717) is 6.04 Å². The molecule has 100 valence electrons. The second-order valence-electron chi connectivity index (χ2n) is 4.36. The van der Waals surface area contributed by atoms with E-state index in [1.807, 2.05) is 11.7 Å². The second-order valence-corrected chi connectivity index (χ2v) is 4.36. The van der Waals surface area contributed by atoms with E-state index in [-0.39, 0.29) is 24.8 Å². The van der Waals surface area contributed by atoms with Crippen molar-refractivity contribution in [3.8, 4) is 0 Å². The zero-order chi connectivity index (χ0) is 10.8. The largest absolute Gasteiger partial charge is 0.329 e. The Labute approximate surface area is 115 Å². The van der Waals surface area contributed by atoms with Crippen molar-refractivity contribution in [2.45, 2.75) is 25.4 Å². The van der Waals surface area contributed by atoms with Crippen molar-refractivity contribution >= 4 is 24.8 Å². The molecule has 1 aliphatic rings. The number of aromatic nitrogens is 3. The summed E-state index contributed by atoms with van der Waals surface area (Å²) in [6, 6.07) is 0.502. The van der Waals surface area contributed by atoms with Crippen molar-refractivity contribution in [2.75, 3.05) is 13.6 Å². The summed E-state index contributed by atoms with van der Waals surface area (Å²) in [4.78, 5) is 6.51. The Kier molecular flexibility index (Phi) is 7.01. The van der Waals surface area contributed by atoms with Crippen LogP contribution in [0, 0.1) is 5.92 Å². The number of hydrogen-bond acceptors (Lipinski definition) is 4. The Hall–Kier alpha value is -0.360. The van der Waals surface area contributed by atoms with E-state index in [9.17, 15) is 0 Å². The highest BCUT2D eigenvalue weighted by Crippen LogP contribution is 2.34. The van der Waals surface area contributed by atoms with Crippen LogP contribution in [0.25, 0.3) is 0 Å². The van der Waals surface area contributed by atoms with Gasteiger partial charge in [0, 0.05) is 19.6 Å². The maximum atomic E-state index is 5.80. The molecule has 0 amide bonds. The highest BCUT2D eigenvalue weighted by molar-refractivity contribution is 5.85. The van der Waals surface area contributed by atoms with Crippen LogP contribution in [-0.4, -0.2) is 39.3 Å². The molecule has 1 aromatic heterocycles. The Morgan fingerprint density at radius 2 is 2.18 bits per heavy atom. The lowest BCUT2D eigenvalue weighted by Crippen LogP contribution is -2.39. The van der Waals surface area contributed by atoms with Crippen molar-refractivity contribution in [3.05, 3.63) is 12.2 Å². The van der Waals surface area contributed by atoms with E-state index in [1.54, 1.807) is 6.33 Å². The molecule has 0 saturated heterocycles. The van der Waals surface area contributed by atoms with Gasteiger partial charge in [-0.3, -0.25) is 9.58 Å². The average Bonchev–Trinajstić information content (AvgIpc) is 2.95. The topological polar surface area (TPSA) is 60.0 Å². The van der Waals surface area contributed by atoms with E-state index in [4.69, 9.17) is 5.73 Å². The van der Waals surface area contributed by atoms with Gasteiger partial charge in [-0.25, -0.2) is 4.98 Å². The molecule has 1 aliphatic carbocycles. The van der Waals surface area contributed by atoms with Crippen LogP contribution in [0.15, 0.2) is 6.33 Å². The van der Waals surface area contributed by atoms with Crippen LogP contribution < -0.4 is 5.73 Å². The summed E-state index contributed by atoms with van der Waals surface area (Å²) in [5.41, 5.74) is 5.80. The zero-order valence-corrected chi connectivity index (χ0v) is 11.9. The maximum Gasteiger partial charge on any atom is 0.140 e. The molecule has 1 aromatic rings. The minimum atomic E-state index is 0. The normalized spacial score (nSPS) is 16.2. The summed E-state index contributed by atoms with van der Waals surface area (Å²) in [6.45, 7) is 1.56. The fraction of sp³-hybridized carbons (Fsp3) is 0.800. The third kappa shape index (κ3) is 4.10. The molecule has 17 heavy (non-hydrogen) atoms. The van der Waals surface area contributed by atoms with E-state index in [1.165, 1.54) is 12.8 Å². The predicted molar refractivity (Wildman–Crippen MR) is 72.5 cm³/mol. The first-order valence-electron chi connectivity index (χ1n) is 5.45. The molecule has 2 N–H and O–H groups in total. The number of hydrogen-bond donors (Lipinski definition) is 1. The highest BCUT2D eigenvalue weighted by atomic mass is 35.5. The van der Waals surface area contributed by atoms with Gasteiger partial charge < -0.3 is 5.73 Å². The molecule has 5 nitrogen and oxygen atoms in total. The van der Waals surface area contributed by atoms with Crippen LogP contribution >= 0.6 is 24.8 Å². The first kappa shape index (κ1) is 16.6. The van der Waals surface area contributed by atoms with Crippen LogP contribution in [0.4, 0.5) is 0 Å². The van der Waals surface area contributed by atoms with Crippen LogP contribution in [0.5, 0.6) is 0 Å². The monoisotopic (exact) mass is 281 g/mol. The maximum absolute atomic E-state index is 5.80. The van der Waals surface area contributed by atoms with Crippen LogP contribution in [-0.2, 0) is 13.6 Å². The zero-order valence-electron chi connectivity index (χ0n) is 10.2. The minimum Gasteiger partial charge on any atom is -0.329 e. The van der Waals surface area contributed by atoms with E-state index >= 15 is 0 Å². The quantitative estimate of drug-likeness (QED) is 0.869. The lowest BCUT2D eigenvalue weighted by Gasteiger charge is -2.26. The van der Waals surface area contributed by atoms with E-state index in [2.05, 4.69) is 22.0 Å². The summed E-state index contributed by atoms with van der Waals surface area (Å²) in [5, 5.41) is 4.06. The summed E-state index contributed by atoms with van der Waals surface area (Å²) in [5.74, 6) is 1.80. The number of nitrogens with zero attached hydrogens (tertiary/aromatic N) is 4. The number of halogens is 2. The van der Waals surface area contributed by atoms with E-state index in [0.717, 1.165) is 24.8 Å². The van der Waals surface area contributed by atoms with Gasteiger partial charge in [0.05, 0.1) is 6.54 Å². The third-order valence-corrected chi connectivity index (χ3v) is 3.17. The molecule has 0 aromatic carbocycles. The van der Waals surface area contributed by atoms with Crippen molar-refractivity contribution in [1.82, 2.24) is 19.7 Å². The van der Waals surface area contributed by atoms with Gasteiger partial charge in [-0.1, -0.05) is 0 Å². The Balaban J connectivity index is 0.00000128. The van der Waals surface area contributed by atoms with Gasteiger partial charge in [0.25, 0.3) is 0 Å². The van der Waals surface area contributed by atoms with E-state index < -0.39 is 0 Å². The summed E-state index contributed by atoms with van der Waals surface area (Å²) in [6.07, 6.45) is 4.24. The van der Waals surface area contributed by atoms with Crippen LogP contribution in [0.2, 0.25) is 0 Å². The Morgan fingerprint density at radius 1 is 1.53 bits per heavy atom. The van der Waals surface area contributed by atoms with Crippen molar-refractivity contribution in [3.63, 3.8) is 0 Å². The van der Waals surface area contributed by atoms with Crippen molar-refractivity contribution in [2.24, 2.45) is 18.7 Å². The molecule has 1 heterocycles. The second kappa shape index (κ2) is 7.16. The number of rotatable bonds is 5. The molecule has 0 aliphatic heterocycles. The average molecular weight is 282 g/mol. The Morgan fingerprint density at radius 3 is 2.59 bits per heavy atom. The van der Waals surface area contributed by atoms with Crippen LogP contribution in [0.3, 0.4) is 0 Å². The van der Waals surface area contributed by atoms with Gasteiger partial charge in [-0.2, -0.15) is 5.10 Å². The molecule has 0 spiro atoms. The molecule has 1 saturated carbocycles. The SMILES string of the molecule is CN(Cc1ncnn1C)C(CN)C1CC1.Cl.Cl. The lowest BCUT2D eigenvalue weighted by molar-refractivity contribution is 0.208. The molecule has 0 bridgehead atoms. The molecule has 7 heteroatoms. The summed E-state index contributed by atoms with van der Waals surface area (Å²) in [7, 11) is 4.04. The minimum absolute atomic E-state index is 0. The fourth-order valence-corrected chi connectivity index (χ4v) is 2.02. The standard InChI is InChI=1S/C10H19N5.2ClH/c1-14(9(5-11)8-3-4-8)6-10-12-7-13-15(10)2;;/h7-9H,3-6,11H2,1-2H3;2*1H. The summed E-state index contributed by atoms with van der Waals surface area (Å²) < 4.78 is 1.82. The van der Waals surface area contributed by atoms with Gasteiger partial charge in [0.1, 0.15) is 12.2 Å². The van der Waals surface area contributed by atoms with Gasteiger partial charge >= 0.3 is 0 Å². The van der Waals surface area contributed by atoms with Gasteiger partial charge in [-0.15, -0.1) is 24.8 Å². The number of aryl methyl sites for hydroxylation is 1. The van der Waals surface area contributed by atoms with Crippen molar-refractivity contribution < 1.29 is 0 Å². The lowest BCUT2D eigenvalue weighted by atomic mass is 10.1. The van der Waals surface area contributed by atoms with Gasteiger partial charge in [-0.05, 0) is 25.8 Å². The number of nitrogens with two attached hydrogens (primary N) is 1. The Bertz CT molecular complexity index is 326. The molecule has 2 rings (SSSR count). The van der Waals surface area contributed by atoms with Crippen LogP contribution in [0.1, 0.15) is 18.7 Å². The highest BCUT2D eigenvalue weighted by Gasteiger charge is 2.33. The first-order valence-corrected chi connectivity index (χ1v) is 5.45. The van der Waals surface area contributed by atoms with Gasteiger partial charge in [0.2, 0.25) is 0 Å². The third-order valence-electron chi connectivity index (χ3n) is 3.17. The fourth-order valence-electron chi connectivity index (χ4n) is 2.02. The van der Waals surface area contributed by atoms with Gasteiger partial charge in [0.15, 0.2) is 0 Å². The smallest absolute Gasteiger partial charge is 0.140 e. The molecular weight excluding hydrogens is 261 g/mol. The number of likely N-dealkylation sites (N-methyl/N-ethyl adjacent to an activating group) is 1. The molecule has 0 radical (unpaired) electrons. The van der Waals surface area contributed by atoms with Crippen molar-refractivity contribution in [1.29, 1.82) is 0 Å². The molecule has 1 atom stereocenters. The first-order chi connectivity index (χ1) is 7.22. The predicted octanol–water partition coefficient (Wildman–Crippen LogP) is 0.828. The molecule has 1 fully saturated rings. The molecule has 1 unspecified atom stereocenters. The summed E-state index contributed by atoms with van der Waals surface area (Å²) >= 11 is 0.